The molecule has 2 saturated heterocycles. The summed E-state index contributed by atoms with van der Waals surface area (Å²) in [6.45, 7) is 8.72. The zero-order valence-electron chi connectivity index (χ0n) is 13.0. The van der Waals surface area contributed by atoms with Crippen LogP contribution in [0, 0.1) is 0 Å². The van der Waals surface area contributed by atoms with Gasteiger partial charge in [0.2, 0.25) is 0 Å². The van der Waals surface area contributed by atoms with Gasteiger partial charge in [0, 0.05) is 50.9 Å². The van der Waals surface area contributed by atoms with Crippen molar-refractivity contribution in [2.45, 2.75) is 63.1 Å². The molecule has 0 amide bonds. The molecule has 0 spiro atoms. The Morgan fingerprint density at radius 3 is 2.45 bits per heavy atom. The van der Waals surface area contributed by atoms with Gasteiger partial charge in [-0.05, 0) is 32.6 Å². The van der Waals surface area contributed by atoms with E-state index in [1.54, 1.807) is 0 Å². The van der Waals surface area contributed by atoms with E-state index in [1.807, 2.05) is 0 Å². The molecule has 116 valence electrons. The number of nitrogens with zero attached hydrogens (tertiary/aromatic N) is 2. The summed E-state index contributed by atoms with van der Waals surface area (Å²) in [6.07, 6.45) is 8.29. The second kappa shape index (κ2) is 6.30. The van der Waals surface area contributed by atoms with Crippen molar-refractivity contribution in [3.63, 3.8) is 0 Å². The second-order valence-electron chi connectivity index (χ2n) is 7.03. The fourth-order valence-electron chi connectivity index (χ4n) is 4.58. The van der Waals surface area contributed by atoms with Gasteiger partial charge in [0.1, 0.15) is 0 Å². The molecule has 2 atom stereocenters. The van der Waals surface area contributed by atoms with E-state index in [2.05, 4.69) is 16.7 Å². The Kier molecular flexibility index (Phi) is 4.65. The van der Waals surface area contributed by atoms with E-state index in [1.165, 1.54) is 51.9 Å². The van der Waals surface area contributed by atoms with Crippen LogP contribution in [0.25, 0.3) is 0 Å². The summed E-state index contributed by atoms with van der Waals surface area (Å²) in [6, 6.07) is 0.875. The zero-order valence-corrected chi connectivity index (χ0v) is 13.0. The van der Waals surface area contributed by atoms with E-state index < -0.39 is 0 Å². The standard InChI is InChI=1S/C16H31N3O/c1-14-12-16(13-17,6-11-20-14)19-9-7-18(8-10-19)15-4-2-3-5-15/h14-15H,2-13,17H2,1H3. The van der Waals surface area contributed by atoms with Gasteiger partial charge in [-0.3, -0.25) is 9.80 Å². The van der Waals surface area contributed by atoms with Crippen LogP contribution in [0.3, 0.4) is 0 Å². The van der Waals surface area contributed by atoms with Crippen LogP contribution in [0.2, 0.25) is 0 Å². The van der Waals surface area contributed by atoms with Gasteiger partial charge in [-0.1, -0.05) is 12.8 Å². The quantitative estimate of drug-likeness (QED) is 0.850. The van der Waals surface area contributed by atoms with Crippen molar-refractivity contribution in [2.24, 2.45) is 5.73 Å². The molecule has 0 aromatic carbocycles. The Hall–Kier alpha value is -0.160. The van der Waals surface area contributed by atoms with Crippen LogP contribution in [-0.4, -0.2) is 66.8 Å². The zero-order chi connectivity index (χ0) is 14.0. The van der Waals surface area contributed by atoms with Gasteiger partial charge < -0.3 is 10.5 Å². The third kappa shape index (κ3) is 2.89. The predicted molar refractivity (Wildman–Crippen MR) is 81.8 cm³/mol. The van der Waals surface area contributed by atoms with E-state index in [0.29, 0.717) is 6.10 Å². The Morgan fingerprint density at radius 1 is 1.15 bits per heavy atom. The minimum Gasteiger partial charge on any atom is -0.378 e. The largest absolute Gasteiger partial charge is 0.378 e. The Morgan fingerprint density at radius 2 is 1.85 bits per heavy atom. The number of hydrogen-bond acceptors (Lipinski definition) is 4. The third-order valence-corrected chi connectivity index (χ3v) is 5.84. The maximum atomic E-state index is 6.18. The third-order valence-electron chi connectivity index (χ3n) is 5.84. The monoisotopic (exact) mass is 281 g/mol. The molecular weight excluding hydrogens is 250 g/mol. The Bertz CT molecular complexity index is 311. The van der Waals surface area contributed by atoms with Gasteiger partial charge in [0.05, 0.1) is 6.10 Å². The number of hydrogen-bond donors (Lipinski definition) is 1. The molecule has 3 fully saturated rings. The number of nitrogens with two attached hydrogens (primary N) is 1. The van der Waals surface area contributed by atoms with Crippen molar-refractivity contribution < 1.29 is 4.74 Å². The van der Waals surface area contributed by atoms with Gasteiger partial charge in [0.25, 0.3) is 0 Å². The molecule has 1 saturated carbocycles. The predicted octanol–water partition coefficient (Wildman–Crippen LogP) is 1.44. The molecule has 2 N–H and O–H groups in total. The van der Waals surface area contributed by atoms with Crippen molar-refractivity contribution in [3.05, 3.63) is 0 Å². The van der Waals surface area contributed by atoms with Gasteiger partial charge in [-0.25, -0.2) is 0 Å². The molecule has 4 heteroatoms. The average molecular weight is 281 g/mol. The van der Waals surface area contributed by atoms with Crippen LogP contribution in [0.15, 0.2) is 0 Å². The molecule has 0 radical (unpaired) electrons. The van der Waals surface area contributed by atoms with Crippen LogP contribution in [0.4, 0.5) is 0 Å². The first kappa shape index (κ1) is 14.8. The molecule has 0 aromatic heterocycles. The summed E-state index contributed by atoms with van der Waals surface area (Å²) in [5.74, 6) is 0. The summed E-state index contributed by atoms with van der Waals surface area (Å²) >= 11 is 0. The van der Waals surface area contributed by atoms with Crippen molar-refractivity contribution in [2.75, 3.05) is 39.3 Å². The van der Waals surface area contributed by atoms with Crippen molar-refractivity contribution in [3.8, 4) is 0 Å². The highest BCUT2D eigenvalue weighted by Gasteiger charge is 2.41. The second-order valence-corrected chi connectivity index (χ2v) is 7.03. The lowest BCUT2D eigenvalue weighted by Crippen LogP contribution is -2.63. The highest BCUT2D eigenvalue weighted by Crippen LogP contribution is 2.32. The Labute approximate surface area is 123 Å². The van der Waals surface area contributed by atoms with Gasteiger partial charge >= 0.3 is 0 Å². The fourth-order valence-corrected chi connectivity index (χ4v) is 4.58. The topological polar surface area (TPSA) is 41.7 Å². The highest BCUT2D eigenvalue weighted by molar-refractivity contribution is 4.98. The molecule has 2 aliphatic heterocycles. The molecule has 2 unspecified atom stereocenters. The first-order valence-corrected chi connectivity index (χ1v) is 8.54. The maximum Gasteiger partial charge on any atom is 0.0565 e. The molecule has 4 nitrogen and oxygen atoms in total. The normalized spacial score (nSPS) is 38.4. The number of ether oxygens (including phenoxy) is 1. The molecule has 0 bridgehead atoms. The van der Waals surface area contributed by atoms with Crippen molar-refractivity contribution >= 4 is 0 Å². The van der Waals surface area contributed by atoms with E-state index in [-0.39, 0.29) is 5.54 Å². The van der Waals surface area contributed by atoms with Crippen LogP contribution in [0.5, 0.6) is 0 Å². The van der Waals surface area contributed by atoms with Crippen molar-refractivity contribution in [1.29, 1.82) is 0 Å². The summed E-state index contributed by atoms with van der Waals surface area (Å²) < 4.78 is 5.74. The smallest absolute Gasteiger partial charge is 0.0565 e. The summed E-state index contributed by atoms with van der Waals surface area (Å²) in [5.41, 5.74) is 6.39. The molecule has 2 heterocycles. The first-order chi connectivity index (χ1) is 9.73. The van der Waals surface area contributed by atoms with Crippen LogP contribution >= 0.6 is 0 Å². The number of piperazine rings is 1. The van der Waals surface area contributed by atoms with E-state index >= 15 is 0 Å². The van der Waals surface area contributed by atoms with Crippen LogP contribution < -0.4 is 5.73 Å². The summed E-state index contributed by atoms with van der Waals surface area (Å²) in [4.78, 5) is 5.41. The number of rotatable bonds is 3. The first-order valence-electron chi connectivity index (χ1n) is 8.54. The molecule has 0 aromatic rings. The van der Waals surface area contributed by atoms with E-state index in [9.17, 15) is 0 Å². The molecule has 1 aliphatic carbocycles. The molecular formula is C16H31N3O. The fraction of sp³-hybridized carbons (Fsp3) is 1.00. The summed E-state index contributed by atoms with van der Waals surface area (Å²) in [7, 11) is 0. The Balaban J connectivity index is 1.58. The highest BCUT2D eigenvalue weighted by atomic mass is 16.5. The minimum absolute atomic E-state index is 0.208. The lowest BCUT2D eigenvalue weighted by Gasteiger charge is -2.51. The van der Waals surface area contributed by atoms with Crippen molar-refractivity contribution in [1.82, 2.24) is 9.80 Å². The van der Waals surface area contributed by atoms with Gasteiger partial charge in [-0.2, -0.15) is 0 Å². The minimum atomic E-state index is 0.208. The van der Waals surface area contributed by atoms with Gasteiger partial charge in [-0.15, -0.1) is 0 Å². The lowest BCUT2D eigenvalue weighted by atomic mass is 9.84. The van der Waals surface area contributed by atoms with Crippen LogP contribution in [0.1, 0.15) is 45.4 Å². The van der Waals surface area contributed by atoms with E-state index in [4.69, 9.17) is 10.5 Å². The SMILES string of the molecule is CC1CC(CN)(N2CCN(C3CCCC3)CC2)CCO1. The van der Waals surface area contributed by atoms with E-state index in [0.717, 1.165) is 32.0 Å². The average Bonchev–Trinajstić information content (AvgIpc) is 3.01. The summed E-state index contributed by atoms with van der Waals surface area (Å²) in [5, 5.41) is 0. The lowest BCUT2D eigenvalue weighted by molar-refractivity contribution is -0.0779. The molecule has 3 rings (SSSR count). The molecule has 3 aliphatic rings. The molecule has 20 heavy (non-hydrogen) atoms. The maximum absolute atomic E-state index is 6.18. The van der Waals surface area contributed by atoms with Gasteiger partial charge in [0.15, 0.2) is 0 Å². The van der Waals surface area contributed by atoms with Crippen LogP contribution in [-0.2, 0) is 4.74 Å².